The second-order valence-electron chi connectivity index (χ2n) is 12.0. The van der Waals surface area contributed by atoms with Crippen LogP contribution in [0.1, 0.15) is 27.7 Å². The standard InChI is InChI=1S/C36H30BNO2S/c1-35(2)36(3,4)40-37(39-35)30-17-9-5-13-24(30)28-21-23(22-29-27-16-8-12-20-33(27)41-34(28)29)38-31-18-10-6-14-25(31)26-15-7-11-19-32(26)38/h5-22H,1-4H3. The lowest BCUT2D eigenvalue weighted by Crippen LogP contribution is -2.41. The number of fused-ring (bicyclic) bond motifs is 6. The topological polar surface area (TPSA) is 23.4 Å². The van der Waals surface area contributed by atoms with Crippen molar-refractivity contribution in [1.29, 1.82) is 0 Å². The third-order valence-corrected chi connectivity index (χ3v) is 10.3. The van der Waals surface area contributed by atoms with Gasteiger partial charge >= 0.3 is 7.12 Å². The molecule has 3 nitrogen and oxygen atoms in total. The summed E-state index contributed by atoms with van der Waals surface area (Å²) in [6, 6.07) is 39.5. The SMILES string of the molecule is CC1(C)OB(c2ccccc2-c2cc(-n3c4ccccc4c4ccccc43)cc3c2sc2ccccc23)OC1(C)C. The molecule has 0 unspecified atom stereocenters. The number of hydrogen-bond donors (Lipinski definition) is 0. The van der Waals surface area contributed by atoms with Crippen molar-refractivity contribution in [3.63, 3.8) is 0 Å². The number of nitrogens with zero attached hydrogens (tertiary/aromatic N) is 1. The molecule has 200 valence electrons. The number of thiophene rings is 1. The Morgan fingerprint density at radius 2 is 1.15 bits per heavy atom. The zero-order valence-corrected chi connectivity index (χ0v) is 24.5. The van der Waals surface area contributed by atoms with Crippen LogP contribution in [0.5, 0.6) is 0 Å². The first-order valence-electron chi connectivity index (χ1n) is 14.2. The summed E-state index contributed by atoms with van der Waals surface area (Å²) in [4.78, 5) is 0. The summed E-state index contributed by atoms with van der Waals surface area (Å²) in [5.41, 5.74) is 6.14. The van der Waals surface area contributed by atoms with Gasteiger partial charge in [-0.3, -0.25) is 0 Å². The maximum absolute atomic E-state index is 6.58. The van der Waals surface area contributed by atoms with Crippen molar-refractivity contribution in [1.82, 2.24) is 4.57 Å². The fourth-order valence-corrected chi connectivity index (χ4v) is 7.47. The monoisotopic (exact) mass is 551 g/mol. The van der Waals surface area contributed by atoms with Crippen molar-refractivity contribution in [2.75, 3.05) is 0 Å². The molecule has 0 radical (unpaired) electrons. The third kappa shape index (κ3) is 3.66. The van der Waals surface area contributed by atoms with Gasteiger partial charge in [-0.25, -0.2) is 0 Å². The Hall–Kier alpha value is -3.90. The molecule has 8 rings (SSSR count). The van der Waals surface area contributed by atoms with E-state index in [1.165, 1.54) is 47.5 Å². The Kier molecular flexibility index (Phi) is 5.34. The van der Waals surface area contributed by atoms with Gasteiger partial charge in [0.2, 0.25) is 0 Å². The fourth-order valence-electron chi connectivity index (χ4n) is 6.26. The summed E-state index contributed by atoms with van der Waals surface area (Å²) in [7, 11) is -0.447. The van der Waals surface area contributed by atoms with Gasteiger partial charge in [0.25, 0.3) is 0 Å². The molecule has 1 aliphatic heterocycles. The third-order valence-electron chi connectivity index (χ3n) is 9.06. The molecule has 5 heteroatoms. The van der Waals surface area contributed by atoms with Gasteiger partial charge in [-0.1, -0.05) is 78.9 Å². The van der Waals surface area contributed by atoms with E-state index in [-0.39, 0.29) is 0 Å². The lowest BCUT2D eigenvalue weighted by molar-refractivity contribution is 0.00578. The average molecular weight is 552 g/mol. The predicted molar refractivity (Wildman–Crippen MR) is 175 cm³/mol. The first-order chi connectivity index (χ1) is 19.8. The van der Waals surface area contributed by atoms with E-state index in [2.05, 4.69) is 141 Å². The molecule has 1 saturated heterocycles. The van der Waals surface area contributed by atoms with Crippen LogP contribution in [-0.4, -0.2) is 22.9 Å². The van der Waals surface area contributed by atoms with Gasteiger partial charge in [0.1, 0.15) is 0 Å². The highest BCUT2D eigenvalue weighted by Crippen LogP contribution is 2.44. The molecular weight excluding hydrogens is 521 g/mol. The van der Waals surface area contributed by atoms with Gasteiger partial charge in [0, 0.05) is 42.2 Å². The van der Waals surface area contributed by atoms with Crippen LogP contribution in [0.3, 0.4) is 0 Å². The number of aromatic nitrogens is 1. The van der Waals surface area contributed by atoms with E-state index in [0.29, 0.717) is 0 Å². The van der Waals surface area contributed by atoms with Crippen LogP contribution in [0.25, 0.3) is 58.8 Å². The van der Waals surface area contributed by atoms with Crippen LogP contribution in [0.2, 0.25) is 0 Å². The molecular formula is C36H30BNO2S. The van der Waals surface area contributed by atoms with E-state index in [1.54, 1.807) is 0 Å². The minimum Gasteiger partial charge on any atom is -0.399 e. The van der Waals surface area contributed by atoms with Crippen LogP contribution >= 0.6 is 11.3 Å². The maximum Gasteiger partial charge on any atom is 0.495 e. The Morgan fingerprint density at radius 1 is 0.585 bits per heavy atom. The predicted octanol–water partition coefficient (Wildman–Crippen LogP) is 9.12. The van der Waals surface area contributed by atoms with E-state index in [1.807, 2.05) is 11.3 Å². The highest BCUT2D eigenvalue weighted by molar-refractivity contribution is 7.26. The number of hydrogen-bond acceptors (Lipinski definition) is 3. The van der Waals surface area contributed by atoms with Gasteiger partial charge < -0.3 is 13.9 Å². The summed E-state index contributed by atoms with van der Waals surface area (Å²) in [6.07, 6.45) is 0. The normalized spacial score (nSPS) is 16.4. The first kappa shape index (κ1) is 24.9. The van der Waals surface area contributed by atoms with Crippen molar-refractivity contribution in [2.45, 2.75) is 38.9 Å². The van der Waals surface area contributed by atoms with Crippen molar-refractivity contribution >= 4 is 65.9 Å². The molecule has 41 heavy (non-hydrogen) atoms. The van der Waals surface area contributed by atoms with Crippen LogP contribution in [0.15, 0.2) is 109 Å². The van der Waals surface area contributed by atoms with Crippen molar-refractivity contribution in [3.05, 3.63) is 109 Å². The second kappa shape index (κ2) is 8.80. The average Bonchev–Trinajstić information content (AvgIpc) is 3.59. The molecule has 0 N–H and O–H groups in total. The molecule has 0 aliphatic carbocycles. The smallest absolute Gasteiger partial charge is 0.399 e. The van der Waals surface area contributed by atoms with E-state index >= 15 is 0 Å². The van der Waals surface area contributed by atoms with Crippen molar-refractivity contribution in [2.24, 2.45) is 0 Å². The molecule has 0 atom stereocenters. The van der Waals surface area contributed by atoms with Crippen LogP contribution in [-0.2, 0) is 9.31 Å². The quantitative estimate of drug-likeness (QED) is 0.205. The maximum atomic E-state index is 6.58. The number of benzene rings is 5. The van der Waals surface area contributed by atoms with E-state index in [9.17, 15) is 0 Å². The lowest BCUT2D eigenvalue weighted by atomic mass is 9.74. The molecule has 0 amide bonds. The molecule has 0 bridgehead atoms. The molecule has 1 aliphatic rings. The van der Waals surface area contributed by atoms with Crippen LogP contribution < -0.4 is 5.46 Å². The first-order valence-corrected chi connectivity index (χ1v) is 15.0. The highest BCUT2D eigenvalue weighted by Gasteiger charge is 2.52. The molecule has 5 aromatic carbocycles. The molecule has 0 spiro atoms. The summed E-state index contributed by atoms with van der Waals surface area (Å²) in [5, 5.41) is 5.07. The van der Waals surface area contributed by atoms with Gasteiger partial charge in [0.15, 0.2) is 0 Å². The summed E-state index contributed by atoms with van der Waals surface area (Å²) in [5.74, 6) is 0. The molecule has 2 aromatic heterocycles. The van der Waals surface area contributed by atoms with Gasteiger partial charge in [-0.05, 0) is 69.1 Å². The Bertz CT molecular complexity index is 2070. The highest BCUT2D eigenvalue weighted by atomic mass is 32.1. The zero-order valence-electron chi connectivity index (χ0n) is 23.6. The molecule has 0 saturated carbocycles. The largest absolute Gasteiger partial charge is 0.495 e. The number of para-hydroxylation sites is 2. The Morgan fingerprint density at radius 3 is 1.83 bits per heavy atom. The summed E-state index contributed by atoms with van der Waals surface area (Å²) >= 11 is 1.86. The summed E-state index contributed by atoms with van der Waals surface area (Å²) in [6.45, 7) is 8.46. The second-order valence-corrected chi connectivity index (χ2v) is 13.1. The van der Waals surface area contributed by atoms with Crippen LogP contribution in [0, 0.1) is 0 Å². The van der Waals surface area contributed by atoms with Crippen LogP contribution in [0.4, 0.5) is 0 Å². The molecule has 3 heterocycles. The van der Waals surface area contributed by atoms with E-state index in [0.717, 1.165) is 16.7 Å². The summed E-state index contributed by atoms with van der Waals surface area (Å²) < 4.78 is 18.1. The van der Waals surface area contributed by atoms with Gasteiger partial charge in [-0.2, -0.15) is 0 Å². The van der Waals surface area contributed by atoms with Crippen molar-refractivity contribution < 1.29 is 9.31 Å². The fraction of sp³-hybridized carbons (Fsp3) is 0.167. The molecule has 7 aromatic rings. The zero-order chi connectivity index (χ0) is 27.9. The Balaban J connectivity index is 1.45. The Labute approximate surface area is 244 Å². The lowest BCUT2D eigenvalue weighted by Gasteiger charge is -2.32. The van der Waals surface area contributed by atoms with Gasteiger partial charge in [-0.15, -0.1) is 11.3 Å². The van der Waals surface area contributed by atoms with Gasteiger partial charge in [0.05, 0.1) is 22.2 Å². The number of rotatable bonds is 3. The minimum atomic E-state index is -0.447. The van der Waals surface area contributed by atoms with E-state index in [4.69, 9.17) is 9.31 Å². The minimum absolute atomic E-state index is 0.414. The molecule has 1 fully saturated rings. The van der Waals surface area contributed by atoms with E-state index < -0.39 is 18.3 Å². The van der Waals surface area contributed by atoms with Crippen molar-refractivity contribution in [3.8, 4) is 16.8 Å².